The number of aryl methyl sites for hydroxylation is 1. The zero-order valence-corrected chi connectivity index (χ0v) is 11.6. The van der Waals surface area contributed by atoms with E-state index in [0.717, 1.165) is 0 Å². The molecular weight excluding hydrogens is 261 g/mol. The summed E-state index contributed by atoms with van der Waals surface area (Å²) in [7, 11) is 0. The molecule has 20 heavy (non-hydrogen) atoms. The van der Waals surface area contributed by atoms with Gasteiger partial charge in [-0.2, -0.15) is 0 Å². The molecule has 2 aromatic rings. The van der Waals surface area contributed by atoms with E-state index in [9.17, 15) is 14.3 Å². The van der Waals surface area contributed by atoms with Gasteiger partial charge in [0.15, 0.2) is 17.2 Å². The van der Waals surface area contributed by atoms with Gasteiger partial charge in [-0.15, -0.1) is 0 Å². The van der Waals surface area contributed by atoms with E-state index in [2.05, 4.69) is 5.32 Å². The molecule has 1 aromatic heterocycles. The lowest BCUT2D eigenvalue weighted by atomic mass is 10.1. The second kappa shape index (κ2) is 6.05. The van der Waals surface area contributed by atoms with Gasteiger partial charge in [0.1, 0.15) is 0 Å². The van der Waals surface area contributed by atoms with E-state index in [-0.39, 0.29) is 17.3 Å². The largest absolute Gasteiger partial charge is 0.448 e. The molecule has 1 unspecified atom stereocenters. The number of carbonyl (C=O) groups excluding carboxylic acids is 1. The monoisotopic (exact) mass is 279 g/mol. The lowest BCUT2D eigenvalue weighted by Gasteiger charge is -2.07. The minimum Gasteiger partial charge on any atom is -0.448 e. The van der Waals surface area contributed by atoms with Crippen molar-refractivity contribution in [2.24, 2.45) is 0 Å². The molecule has 0 aliphatic rings. The van der Waals surface area contributed by atoms with Gasteiger partial charge >= 0.3 is 0 Å². The fourth-order valence-electron chi connectivity index (χ4n) is 2.06. The van der Waals surface area contributed by atoms with Crippen LogP contribution in [0.3, 0.4) is 0 Å². The molecule has 0 aliphatic carbocycles. The average molecular weight is 279 g/mol. The Morgan fingerprint density at radius 3 is 2.90 bits per heavy atom. The van der Waals surface area contributed by atoms with Crippen LogP contribution < -0.4 is 5.32 Å². The molecule has 0 saturated heterocycles. The summed E-state index contributed by atoms with van der Waals surface area (Å²) < 4.78 is 18.9. The molecule has 0 spiro atoms. The van der Waals surface area contributed by atoms with E-state index in [0.29, 0.717) is 30.3 Å². The number of carbonyl (C=O) groups is 1. The summed E-state index contributed by atoms with van der Waals surface area (Å²) in [6, 6.07) is 4.60. The summed E-state index contributed by atoms with van der Waals surface area (Å²) in [6.07, 6.45) is 0.699. The van der Waals surface area contributed by atoms with E-state index >= 15 is 0 Å². The van der Waals surface area contributed by atoms with Crippen LogP contribution in [0, 0.1) is 12.7 Å². The van der Waals surface area contributed by atoms with Gasteiger partial charge in [-0.1, -0.05) is 19.1 Å². The Morgan fingerprint density at radius 2 is 2.25 bits per heavy atom. The number of hydrogen-bond donors (Lipinski definition) is 2. The van der Waals surface area contributed by atoms with Crippen LogP contribution >= 0.6 is 0 Å². The van der Waals surface area contributed by atoms with Gasteiger partial charge < -0.3 is 14.8 Å². The number of aliphatic hydroxyl groups excluding tert-OH is 1. The Balaban J connectivity index is 2.14. The normalized spacial score (nSPS) is 12.6. The number of para-hydroxylation sites is 1. The van der Waals surface area contributed by atoms with Crippen LogP contribution in [-0.4, -0.2) is 23.7 Å². The van der Waals surface area contributed by atoms with Crippen molar-refractivity contribution >= 4 is 16.9 Å². The number of amides is 1. The van der Waals surface area contributed by atoms with E-state index in [1.807, 2.05) is 6.92 Å². The first kappa shape index (κ1) is 14.5. The van der Waals surface area contributed by atoms with Gasteiger partial charge in [-0.25, -0.2) is 4.39 Å². The van der Waals surface area contributed by atoms with Crippen LogP contribution in [0.5, 0.6) is 0 Å². The van der Waals surface area contributed by atoms with Crippen molar-refractivity contribution in [3.63, 3.8) is 0 Å². The Hall–Kier alpha value is -1.88. The zero-order valence-electron chi connectivity index (χ0n) is 11.6. The van der Waals surface area contributed by atoms with Gasteiger partial charge in [0.05, 0.1) is 6.10 Å². The molecule has 0 bridgehead atoms. The fraction of sp³-hybridized carbons (Fsp3) is 0.400. The van der Waals surface area contributed by atoms with Gasteiger partial charge in [0.25, 0.3) is 5.91 Å². The number of furan rings is 1. The third kappa shape index (κ3) is 2.82. The highest BCUT2D eigenvalue weighted by Gasteiger charge is 2.19. The molecule has 2 rings (SSSR count). The summed E-state index contributed by atoms with van der Waals surface area (Å²) in [5.41, 5.74) is 0.719. The summed E-state index contributed by atoms with van der Waals surface area (Å²) in [6.45, 7) is 3.95. The number of rotatable bonds is 5. The molecule has 108 valence electrons. The third-order valence-electron chi connectivity index (χ3n) is 3.36. The maximum atomic E-state index is 13.6. The highest BCUT2D eigenvalue weighted by Crippen LogP contribution is 2.27. The minimum absolute atomic E-state index is 0.101. The molecule has 1 atom stereocenters. The van der Waals surface area contributed by atoms with Crippen LogP contribution in [0.4, 0.5) is 4.39 Å². The molecule has 0 aliphatic heterocycles. The second-order valence-electron chi connectivity index (χ2n) is 4.78. The maximum absolute atomic E-state index is 13.6. The maximum Gasteiger partial charge on any atom is 0.287 e. The van der Waals surface area contributed by atoms with Gasteiger partial charge in [-0.05, 0) is 25.8 Å². The van der Waals surface area contributed by atoms with Crippen molar-refractivity contribution in [2.75, 3.05) is 6.54 Å². The lowest BCUT2D eigenvalue weighted by molar-refractivity contribution is 0.0915. The van der Waals surface area contributed by atoms with Crippen molar-refractivity contribution in [1.29, 1.82) is 0 Å². The molecule has 0 fully saturated rings. The number of benzene rings is 1. The molecule has 1 amide bonds. The van der Waals surface area contributed by atoms with Crippen LogP contribution in [-0.2, 0) is 0 Å². The van der Waals surface area contributed by atoms with Crippen LogP contribution in [0.15, 0.2) is 22.6 Å². The van der Waals surface area contributed by atoms with Crippen LogP contribution in [0.25, 0.3) is 11.0 Å². The number of nitrogens with one attached hydrogen (secondary N) is 1. The Labute approximate surface area is 116 Å². The van der Waals surface area contributed by atoms with Gasteiger partial charge in [0, 0.05) is 17.5 Å². The summed E-state index contributed by atoms with van der Waals surface area (Å²) in [5, 5.41) is 12.7. The van der Waals surface area contributed by atoms with Crippen molar-refractivity contribution in [1.82, 2.24) is 5.32 Å². The lowest BCUT2D eigenvalue weighted by Crippen LogP contribution is -2.27. The number of hydrogen-bond acceptors (Lipinski definition) is 3. The van der Waals surface area contributed by atoms with Crippen molar-refractivity contribution in [3.05, 3.63) is 35.3 Å². The van der Waals surface area contributed by atoms with Crippen LogP contribution in [0.2, 0.25) is 0 Å². The predicted octanol–water partition coefficient (Wildman–Crippen LogP) is 2.77. The SMILES string of the molecule is CCC(O)CCNC(=O)c1oc2c(F)cccc2c1C. The fourth-order valence-corrected chi connectivity index (χ4v) is 2.06. The van der Waals surface area contributed by atoms with Gasteiger partial charge in [-0.3, -0.25) is 4.79 Å². The van der Waals surface area contributed by atoms with Crippen molar-refractivity contribution in [2.45, 2.75) is 32.8 Å². The standard InChI is InChI=1S/C15H18FNO3/c1-3-10(18)7-8-17-15(19)13-9(2)11-5-4-6-12(16)14(11)20-13/h4-6,10,18H,3,7-8H2,1-2H3,(H,17,19). The second-order valence-corrected chi connectivity index (χ2v) is 4.78. The Bertz CT molecular complexity index is 621. The zero-order chi connectivity index (χ0) is 14.7. The van der Waals surface area contributed by atoms with Gasteiger partial charge in [0.2, 0.25) is 0 Å². The highest BCUT2D eigenvalue weighted by molar-refractivity contribution is 5.98. The minimum atomic E-state index is -0.481. The third-order valence-corrected chi connectivity index (χ3v) is 3.36. The summed E-state index contributed by atoms with van der Waals surface area (Å²) >= 11 is 0. The average Bonchev–Trinajstić information content (AvgIpc) is 2.78. The van der Waals surface area contributed by atoms with Crippen molar-refractivity contribution in [3.8, 4) is 0 Å². The summed E-state index contributed by atoms with van der Waals surface area (Å²) in [4.78, 5) is 12.0. The quantitative estimate of drug-likeness (QED) is 0.884. The van der Waals surface area contributed by atoms with Crippen LogP contribution in [0.1, 0.15) is 35.9 Å². The number of halogens is 1. The molecule has 1 heterocycles. The molecule has 2 N–H and O–H groups in total. The molecule has 0 radical (unpaired) electrons. The topological polar surface area (TPSA) is 62.5 Å². The Morgan fingerprint density at radius 1 is 1.50 bits per heavy atom. The predicted molar refractivity (Wildman–Crippen MR) is 74.2 cm³/mol. The number of fused-ring (bicyclic) bond motifs is 1. The van der Waals surface area contributed by atoms with Crippen molar-refractivity contribution < 1.29 is 18.7 Å². The highest BCUT2D eigenvalue weighted by atomic mass is 19.1. The number of aliphatic hydroxyl groups is 1. The van der Waals surface area contributed by atoms with E-state index < -0.39 is 11.9 Å². The summed E-state index contributed by atoms with van der Waals surface area (Å²) in [5.74, 6) is -0.747. The first-order valence-corrected chi connectivity index (χ1v) is 6.68. The van der Waals surface area contributed by atoms with E-state index in [1.165, 1.54) is 6.07 Å². The molecule has 5 heteroatoms. The Kier molecular flexibility index (Phi) is 4.39. The molecule has 1 aromatic carbocycles. The van der Waals surface area contributed by atoms with E-state index in [4.69, 9.17) is 4.42 Å². The first-order valence-electron chi connectivity index (χ1n) is 6.68. The first-order chi connectivity index (χ1) is 9.54. The molecule has 4 nitrogen and oxygen atoms in total. The molecule has 0 saturated carbocycles. The smallest absolute Gasteiger partial charge is 0.287 e. The van der Waals surface area contributed by atoms with E-state index in [1.54, 1.807) is 19.1 Å². The molecular formula is C15H18FNO3.